The highest BCUT2D eigenvalue weighted by molar-refractivity contribution is 5.52. The first-order valence-electron chi connectivity index (χ1n) is 7.34. The van der Waals surface area contributed by atoms with E-state index in [2.05, 4.69) is 35.6 Å². The molecule has 1 unspecified atom stereocenters. The van der Waals surface area contributed by atoms with E-state index in [-0.39, 0.29) is 6.04 Å². The van der Waals surface area contributed by atoms with E-state index in [0.717, 1.165) is 30.9 Å². The molecule has 0 aromatic heterocycles. The monoisotopic (exact) mass is 283 g/mol. The number of rotatable bonds is 4. The first-order chi connectivity index (χ1) is 10.3. The van der Waals surface area contributed by atoms with Gasteiger partial charge in [-0.3, -0.25) is 0 Å². The molecule has 0 saturated heterocycles. The molecule has 21 heavy (non-hydrogen) atoms. The maximum atomic E-state index is 5.58. The molecule has 1 aliphatic rings. The van der Waals surface area contributed by atoms with Crippen LogP contribution in [-0.4, -0.2) is 20.8 Å². The molecule has 2 aromatic carbocycles. The molecule has 1 heterocycles. The minimum Gasteiger partial charge on any atom is -0.496 e. The Hall–Kier alpha value is -2.00. The molecule has 0 amide bonds. The minimum absolute atomic E-state index is 0.265. The molecular formula is C18H21NO2. The van der Waals surface area contributed by atoms with Crippen molar-refractivity contribution in [2.45, 2.75) is 18.9 Å². The van der Waals surface area contributed by atoms with Crippen LogP contribution >= 0.6 is 0 Å². The van der Waals surface area contributed by atoms with Gasteiger partial charge in [0.15, 0.2) is 0 Å². The third-order valence-electron chi connectivity index (χ3n) is 4.11. The smallest absolute Gasteiger partial charge is 0.124 e. The van der Waals surface area contributed by atoms with Crippen molar-refractivity contribution < 1.29 is 9.47 Å². The summed E-state index contributed by atoms with van der Waals surface area (Å²) in [6, 6.07) is 14.8. The quantitative estimate of drug-likeness (QED) is 0.935. The van der Waals surface area contributed by atoms with E-state index in [9.17, 15) is 0 Å². The second kappa shape index (κ2) is 6.19. The zero-order valence-electron chi connectivity index (χ0n) is 12.6. The van der Waals surface area contributed by atoms with Crippen molar-refractivity contribution in [2.75, 3.05) is 20.8 Å². The van der Waals surface area contributed by atoms with Crippen LogP contribution in [0.4, 0.5) is 0 Å². The van der Waals surface area contributed by atoms with E-state index in [1.807, 2.05) is 12.1 Å². The summed E-state index contributed by atoms with van der Waals surface area (Å²) in [6.07, 6.45) is 1.93. The molecule has 0 radical (unpaired) electrons. The molecule has 0 aliphatic carbocycles. The Kier molecular flexibility index (Phi) is 4.11. The topological polar surface area (TPSA) is 30.5 Å². The van der Waals surface area contributed by atoms with Gasteiger partial charge >= 0.3 is 0 Å². The van der Waals surface area contributed by atoms with Crippen molar-refractivity contribution in [2.24, 2.45) is 0 Å². The molecule has 0 spiro atoms. The normalized spacial score (nSPS) is 17.1. The van der Waals surface area contributed by atoms with Gasteiger partial charge in [-0.2, -0.15) is 0 Å². The van der Waals surface area contributed by atoms with E-state index >= 15 is 0 Å². The van der Waals surface area contributed by atoms with Gasteiger partial charge in [0.25, 0.3) is 0 Å². The van der Waals surface area contributed by atoms with Crippen LogP contribution in [0.15, 0.2) is 42.5 Å². The van der Waals surface area contributed by atoms with E-state index in [1.54, 1.807) is 14.2 Å². The molecule has 3 heteroatoms. The zero-order valence-corrected chi connectivity index (χ0v) is 12.6. The van der Waals surface area contributed by atoms with E-state index in [4.69, 9.17) is 9.47 Å². The Morgan fingerprint density at radius 3 is 2.43 bits per heavy atom. The Morgan fingerprint density at radius 1 is 1.00 bits per heavy atom. The fourth-order valence-electron chi connectivity index (χ4n) is 3.13. The van der Waals surface area contributed by atoms with Gasteiger partial charge < -0.3 is 14.8 Å². The fraction of sp³-hybridized carbons (Fsp3) is 0.333. The molecule has 0 saturated carbocycles. The van der Waals surface area contributed by atoms with Crippen molar-refractivity contribution in [1.82, 2.24) is 5.32 Å². The van der Waals surface area contributed by atoms with Crippen LogP contribution in [0.3, 0.4) is 0 Å². The summed E-state index contributed by atoms with van der Waals surface area (Å²) in [5, 5.41) is 3.61. The molecule has 2 aromatic rings. The van der Waals surface area contributed by atoms with Crippen molar-refractivity contribution in [3.63, 3.8) is 0 Å². The van der Waals surface area contributed by atoms with E-state index in [0.29, 0.717) is 0 Å². The van der Waals surface area contributed by atoms with Crippen LogP contribution in [0.5, 0.6) is 11.5 Å². The highest BCUT2D eigenvalue weighted by Crippen LogP contribution is 2.38. The third-order valence-corrected chi connectivity index (χ3v) is 4.11. The second-order valence-corrected chi connectivity index (χ2v) is 5.31. The lowest BCUT2D eigenvalue weighted by molar-refractivity contribution is 0.375. The first-order valence-corrected chi connectivity index (χ1v) is 7.34. The molecule has 3 nitrogen and oxygen atoms in total. The van der Waals surface area contributed by atoms with E-state index in [1.165, 1.54) is 16.7 Å². The van der Waals surface area contributed by atoms with Crippen molar-refractivity contribution >= 4 is 0 Å². The van der Waals surface area contributed by atoms with Crippen molar-refractivity contribution in [3.05, 3.63) is 59.2 Å². The number of benzene rings is 2. The lowest BCUT2D eigenvalue weighted by Crippen LogP contribution is -2.32. The fourth-order valence-corrected chi connectivity index (χ4v) is 3.13. The number of hydrogen-bond donors (Lipinski definition) is 1. The summed E-state index contributed by atoms with van der Waals surface area (Å²) in [7, 11) is 3.46. The Balaban J connectivity index is 2.00. The van der Waals surface area contributed by atoms with Crippen LogP contribution < -0.4 is 14.8 Å². The van der Waals surface area contributed by atoms with Crippen LogP contribution in [0, 0.1) is 0 Å². The lowest BCUT2D eigenvalue weighted by atomic mass is 9.89. The summed E-state index contributed by atoms with van der Waals surface area (Å²) in [5.74, 6) is 1.91. The van der Waals surface area contributed by atoms with Crippen molar-refractivity contribution in [1.29, 1.82) is 0 Å². The zero-order chi connectivity index (χ0) is 14.7. The van der Waals surface area contributed by atoms with Gasteiger partial charge in [0.2, 0.25) is 0 Å². The second-order valence-electron chi connectivity index (χ2n) is 5.31. The van der Waals surface area contributed by atoms with Gasteiger partial charge in [0, 0.05) is 17.2 Å². The largest absolute Gasteiger partial charge is 0.496 e. The predicted octanol–water partition coefficient (Wildman–Crippen LogP) is 3.13. The number of methoxy groups -OCH3 is 2. The van der Waals surface area contributed by atoms with Gasteiger partial charge in [-0.15, -0.1) is 0 Å². The Morgan fingerprint density at radius 2 is 1.71 bits per heavy atom. The minimum atomic E-state index is 0.265. The molecule has 0 bridgehead atoms. The summed E-state index contributed by atoms with van der Waals surface area (Å²) >= 11 is 0. The number of ether oxygens (including phenoxy) is 2. The first kappa shape index (κ1) is 14.0. The number of nitrogens with one attached hydrogen (secondary N) is 1. The summed E-state index contributed by atoms with van der Waals surface area (Å²) in [4.78, 5) is 0. The SMILES string of the molecule is COc1ccc(OC)c2c1CCNC2Cc1ccccc1. The average Bonchev–Trinajstić information content (AvgIpc) is 2.55. The molecule has 1 N–H and O–H groups in total. The van der Waals surface area contributed by atoms with Gasteiger partial charge in [-0.1, -0.05) is 30.3 Å². The molecule has 0 fully saturated rings. The summed E-state index contributed by atoms with van der Waals surface area (Å²) in [5.41, 5.74) is 3.84. The molecule has 1 aliphatic heterocycles. The maximum absolute atomic E-state index is 5.58. The van der Waals surface area contributed by atoms with Crippen LogP contribution in [0.2, 0.25) is 0 Å². The standard InChI is InChI=1S/C18H21NO2/c1-20-16-8-9-17(21-2)18-14(16)10-11-19-15(18)12-13-6-4-3-5-7-13/h3-9,15,19H,10-12H2,1-2H3. The van der Waals surface area contributed by atoms with Gasteiger partial charge in [-0.25, -0.2) is 0 Å². The average molecular weight is 283 g/mol. The Bertz CT molecular complexity index is 610. The summed E-state index contributed by atoms with van der Waals surface area (Å²) in [6.45, 7) is 0.966. The predicted molar refractivity (Wildman–Crippen MR) is 84.1 cm³/mol. The van der Waals surface area contributed by atoms with Gasteiger partial charge in [0.05, 0.1) is 14.2 Å². The maximum Gasteiger partial charge on any atom is 0.124 e. The van der Waals surface area contributed by atoms with Crippen LogP contribution in [-0.2, 0) is 12.8 Å². The highest BCUT2D eigenvalue weighted by atomic mass is 16.5. The number of hydrogen-bond acceptors (Lipinski definition) is 3. The lowest BCUT2D eigenvalue weighted by Gasteiger charge is -2.30. The highest BCUT2D eigenvalue weighted by Gasteiger charge is 2.26. The van der Waals surface area contributed by atoms with Gasteiger partial charge in [0.1, 0.15) is 11.5 Å². The molecule has 3 rings (SSSR count). The number of fused-ring (bicyclic) bond motifs is 1. The third kappa shape index (κ3) is 2.74. The van der Waals surface area contributed by atoms with E-state index < -0.39 is 0 Å². The van der Waals surface area contributed by atoms with Crippen LogP contribution in [0.25, 0.3) is 0 Å². The van der Waals surface area contributed by atoms with Gasteiger partial charge in [-0.05, 0) is 37.1 Å². The van der Waals surface area contributed by atoms with Crippen LogP contribution in [0.1, 0.15) is 22.7 Å². The summed E-state index contributed by atoms with van der Waals surface area (Å²) < 4.78 is 11.1. The molecule has 1 atom stereocenters. The molecule has 110 valence electrons. The Labute approximate surface area is 125 Å². The molecular weight excluding hydrogens is 262 g/mol. The van der Waals surface area contributed by atoms with Crippen molar-refractivity contribution in [3.8, 4) is 11.5 Å².